The summed E-state index contributed by atoms with van der Waals surface area (Å²) in [6.45, 7) is 3.08. The molecule has 0 spiro atoms. The second-order valence-corrected chi connectivity index (χ2v) is 8.82. The van der Waals surface area contributed by atoms with Gasteiger partial charge in [-0.1, -0.05) is 18.2 Å². The van der Waals surface area contributed by atoms with Gasteiger partial charge in [-0.25, -0.2) is 14.2 Å². The number of fused-ring (bicyclic) bond motifs is 1. The van der Waals surface area contributed by atoms with Crippen molar-refractivity contribution in [3.8, 4) is 11.1 Å². The number of carbonyl (C=O) groups is 1. The largest absolute Gasteiger partial charge is 0.490 e. The van der Waals surface area contributed by atoms with Gasteiger partial charge in [0.05, 0.1) is 0 Å². The molecule has 0 radical (unpaired) electrons. The number of nitrogens with zero attached hydrogens (tertiary/aromatic N) is 5. The highest BCUT2D eigenvalue weighted by Crippen LogP contribution is 2.29. The van der Waals surface area contributed by atoms with E-state index in [1.807, 2.05) is 16.7 Å². The molecule has 7 nitrogen and oxygen atoms in total. The second-order valence-electron chi connectivity index (χ2n) is 8.04. The van der Waals surface area contributed by atoms with E-state index in [1.54, 1.807) is 29.7 Å². The summed E-state index contributed by atoms with van der Waals surface area (Å²) in [5, 5.41) is 20.1. The average molecular weight is 508 g/mol. The first-order valence-electron chi connectivity index (χ1n) is 10.7. The highest BCUT2D eigenvalue weighted by Gasteiger charge is 2.38. The number of benzene rings is 1. The minimum absolute atomic E-state index is 0.250. The first-order chi connectivity index (χ1) is 16.7. The first-order valence-corrected chi connectivity index (χ1v) is 11.7. The lowest BCUT2D eigenvalue weighted by atomic mass is 9.95. The maximum atomic E-state index is 14.2. The van der Waals surface area contributed by atoms with Gasteiger partial charge in [0.15, 0.2) is 0 Å². The lowest BCUT2D eigenvalue weighted by Gasteiger charge is -2.30. The Morgan fingerprint density at radius 2 is 1.86 bits per heavy atom. The zero-order valence-corrected chi connectivity index (χ0v) is 19.1. The van der Waals surface area contributed by atoms with Crippen LogP contribution in [0.5, 0.6) is 0 Å². The number of piperidine rings is 1. The van der Waals surface area contributed by atoms with Crippen molar-refractivity contribution >= 4 is 23.1 Å². The molecule has 0 bridgehead atoms. The van der Waals surface area contributed by atoms with Gasteiger partial charge in [-0.3, -0.25) is 9.30 Å². The Balaban J connectivity index is 0.000000364. The molecule has 0 aliphatic carbocycles. The highest BCUT2D eigenvalue weighted by molar-refractivity contribution is 7.07. The van der Waals surface area contributed by atoms with Crippen molar-refractivity contribution < 1.29 is 27.5 Å². The van der Waals surface area contributed by atoms with Crippen molar-refractivity contribution in [2.24, 2.45) is 0 Å². The molecule has 4 aromatic rings. The summed E-state index contributed by atoms with van der Waals surface area (Å²) in [5.41, 5.74) is 2.67. The van der Waals surface area contributed by atoms with Gasteiger partial charge < -0.3 is 5.11 Å². The lowest BCUT2D eigenvalue weighted by molar-refractivity contribution is -0.192. The van der Waals surface area contributed by atoms with Crippen LogP contribution >= 0.6 is 11.3 Å². The number of hydrogen-bond acceptors (Lipinski definition) is 6. The number of likely N-dealkylation sites (tertiary alicyclic amines) is 1. The molecule has 0 amide bonds. The number of carboxylic acids is 1. The SMILES string of the molecule is Fc1ccccc1-c1cnc2nnc(C3CCN(Cc4ccsc4)CC3)n2c1.O=C(O)C(F)(F)F. The van der Waals surface area contributed by atoms with Gasteiger partial charge in [0.25, 0.3) is 5.78 Å². The van der Waals surface area contributed by atoms with Crippen LogP contribution in [-0.2, 0) is 11.3 Å². The molecule has 35 heavy (non-hydrogen) atoms. The van der Waals surface area contributed by atoms with E-state index >= 15 is 0 Å². The van der Waals surface area contributed by atoms with Crippen molar-refractivity contribution in [1.29, 1.82) is 0 Å². The minimum Gasteiger partial charge on any atom is -0.475 e. The zero-order chi connectivity index (χ0) is 25.0. The number of thiophene rings is 1. The third-order valence-electron chi connectivity index (χ3n) is 5.66. The van der Waals surface area contributed by atoms with Gasteiger partial charge in [0.1, 0.15) is 11.6 Å². The maximum absolute atomic E-state index is 14.2. The van der Waals surface area contributed by atoms with E-state index in [-0.39, 0.29) is 5.82 Å². The van der Waals surface area contributed by atoms with E-state index in [0.29, 0.717) is 17.3 Å². The summed E-state index contributed by atoms with van der Waals surface area (Å²) in [6.07, 6.45) is 0.563. The van der Waals surface area contributed by atoms with E-state index in [1.165, 1.54) is 11.6 Å². The van der Waals surface area contributed by atoms with Crippen molar-refractivity contribution in [1.82, 2.24) is 24.5 Å². The van der Waals surface area contributed by atoms with Crippen LogP contribution in [0.4, 0.5) is 17.6 Å². The molecule has 1 saturated heterocycles. The summed E-state index contributed by atoms with van der Waals surface area (Å²) in [4.78, 5) is 15.8. The minimum atomic E-state index is -5.08. The third kappa shape index (κ3) is 6.01. The Bertz CT molecular complexity index is 1280. The Hall–Kier alpha value is -3.38. The van der Waals surface area contributed by atoms with Crippen molar-refractivity contribution in [3.05, 3.63) is 70.7 Å². The van der Waals surface area contributed by atoms with Crippen LogP contribution < -0.4 is 0 Å². The van der Waals surface area contributed by atoms with E-state index < -0.39 is 12.1 Å². The summed E-state index contributed by atoms with van der Waals surface area (Å²) < 4.78 is 47.8. The molecule has 3 aromatic heterocycles. The number of alkyl halides is 3. The molecular formula is C23H21F4N5O2S. The third-order valence-corrected chi connectivity index (χ3v) is 6.39. The van der Waals surface area contributed by atoms with Crippen LogP contribution in [0, 0.1) is 5.82 Å². The van der Waals surface area contributed by atoms with E-state index in [0.717, 1.165) is 43.9 Å². The molecule has 1 aromatic carbocycles. The van der Waals surface area contributed by atoms with Gasteiger partial charge in [-0.05, 0) is 54.4 Å². The van der Waals surface area contributed by atoms with Crippen LogP contribution in [0.15, 0.2) is 53.5 Å². The maximum Gasteiger partial charge on any atom is 0.490 e. The topological polar surface area (TPSA) is 83.6 Å². The molecule has 1 aliphatic heterocycles. The molecule has 1 N–H and O–H groups in total. The smallest absolute Gasteiger partial charge is 0.475 e. The van der Waals surface area contributed by atoms with E-state index in [4.69, 9.17) is 9.90 Å². The fourth-order valence-corrected chi connectivity index (χ4v) is 4.57. The molecule has 4 heterocycles. The molecule has 0 unspecified atom stereocenters. The summed E-state index contributed by atoms with van der Waals surface area (Å²) in [6, 6.07) is 8.96. The summed E-state index contributed by atoms with van der Waals surface area (Å²) >= 11 is 1.75. The summed E-state index contributed by atoms with van der Waals surface area (Å²) in [7, 11) is 0. The van der Waals surface area contributed by atoms with E-state index in [9.17, 15) is 17.6 Å². The molecular weight excluding hydrogens is 486 g/mol. The quantitative estimate of drug-likeness (QED) is 0.391. The molecule has 184 valence electrons. The second kappa shape index (κ2) is 10.5. The normalized spacial score (nSPS) is 15.1. The molecule has 5 rings (SSSR count). The standard InChI is InChI=1S/C21H20FN5S.C2HF3O2/c22-19-4-2-1-3-18(19)17-11-23-21-25-24-20(27(21)13-17)16-5-8-26(9-6-16)12-15-7-10-28-14-15;3-2(4,5)1(6)7/h1-4,7,10-11,13-14,16H,5-6,8-9,12H2;(H,6,7). The lowest BCUT2D eigenvalue weighted by Crippen LogP contribution is -2.32. The Labute approximate surface area is 201 Å². The number of aromatic nitrogens is 4. The van der Waals surface area contributed by atoms with Crippen molar-refractivity contribution in [2.75, 3.05) is 13.1 Å². The van der Waals surface area contributed by atoms with Crippen molar-refractivity contribution in [2.45, 2.75) is 31.5 Å². The van der Waals surface area contributed by atoms with Crippen LogP contribution in [0.3, 0.4) is 0 Å². The van der Waals surface area contributed by atoms with E-state index in [2.05, 4.69) is 36.9 Å². The average Bonchev–Trinajstić information content (AvgIpc) is 3.49. The Morgan fingerprint density at radius 1 is 1.14 bits per heavy atom. The predicted molar refractivity (Wildman–Crippen MR) is 121 cm³/mol. The monoisotopic (exact) mass is 507 g/mol. The zero-order valence-electron chi connectivity index (χ0n) is 18.3. The number of carboxylic acid groups (broad SMARTS) is 1. The Morgan fingerprint density at radius 3 is 2.49 bits per heavy atom. The molecule has 0 atom stereocenters. The van der Waals surface area contributed by atoms with Crippen LogP contribution in [0.1, 0.15) is 30.1 Å². The number of halogens is 4. The van der Waals surface area contributed by atoms with Crippen LogP contribution in [-0.4, -0.2) is 54.8 Å². The number of rotatable bonds is 4. The summed E-state index contributed by atoms with van der Waals surface area (Å²) in [5.74, 6) is -1.18. The van der Waals surface area contributed by atoms with Gasteiger partial charge in [0.2, 0.25) is 0 Å². The van der Waals surface area contributed by atoms with Crippen LogP contribution in [0.25, 0.3) is 16.9 Å². The number of hydrogen-bond donors (Lipinski definition) is 1. The Kier molecular flexibility index (Phi) is 7.41. The van der Waals surface area contributed by atoms with Gasteiger partial charge >= 0.3 is 12.1 Å². The highest BCUT2D eigenvalue weighted by atomic mass is 32.1. The molecule has 1 fully saturated rings. The number of aliphatic carboxylic acids is 1. The van der Waals surface area contributed by atoms with Gasteiger partial charge in [-0.2, -0.15) is 24.5 Å². The predicted octanol–water partition coefficient (Wildman–Crippen LogP) is 5.00. The van der Waals surface area contributed by atoms with Gasteiger partial charge in [-0.15, -0.1) is 10.2 Å². The fourth-order valence-electron chi connectivity index (χ4n) is 3.91. The molecule has 1 aliphatic rings. The van der Waals surface area contributed by atoms with Crippen LogP contribution in [0.2, 0.25) is 0 Å². The molecule has 0 saturated carbocycles. The van der Waals surface area contributed by atoms with Crippen molar-refractivity contribution in [3.63, 3.8) is 0 Å². The fraction of sp³-hybridized carbons (Fsp3) is 0.304. The first kappa shape index (κ1) is 24.7. The molecule has 12 heteroatoms. The van der Waals surface area contributed by atoms with Gasteiger partial charge in [0, 0.05) is 36.0 Å².